The summed E-state index contributed by atoms with van der Waals surface area (Å²) in [4.78, 5) is 10.5. The van der Waals surface area contributed by atoms with Crippen LogP contribution >= 0.6 is 0 Å². The average molecular weight is 258 g/mol. The number of nitrogens with zero attached hydrogens (tertiary/aromatic N) is 1. The summed E-state index contributed by atoms with van der Waals surface area (Å²) >= 11 is 0. The number of benzene rings is 2. The Labute approximate surface area is 110 Å². The quantitative estimate of drug-likeness (QED) is 0.635. The van der Waals surface area contributed by atoms with E-state index >= 15 is 0 Å². The van der Waals surface area contributed by atoms with E-state index in [0.29, 0.717) is 11.4 Å². The Kier molecular flexibility index (Phi) is 4.00. The molecule has 0 amide bonds. The number of hydrazine groups is 1. The van der Waals surface area contributed by atoms with Gasteiger partial charge in [0.25, 0.3) is 0 Å². The van der Waals surface area contributed by atoms with E-state index in [0.717, 1.165) is 10.8 Å². The zero-order valence-corrected chi connectivity index (χ0v) is 10.2. The summed E-state index contributed by atoms with van der Waals surface area (Å²) < 4.78 is 5.62. The highest BCUT2D eigenvalue weighted by molar-refractivity contribution is 5.73. The molecule has 5 heteroatoms. The Bertz CT molecular complexity index is 540. The molecule has 0 atom stereocenters. The first-order valence-corrected chi connectivity index (χ1v) is 5.72. The lowest BCUT2D eigenvalue weighted by molar-refractivity contribution is -0.135. The van der Waals surface area contributed by atoms with E-state index in [1.807, 2.05) is 30.3 Å². The maximum Gasteiger partial charge on any atom is 0.324 e. The maximum absolute atomic E-state index is 10.5. The van der Waals surface area contributed by atoms with E-state index in [1.165, 1.54) is 0 Å². The summed E-state index contributed by atoms with van der Waals surface area (Å²) in [5, 5.41) is 9.81. The number of aliphatic carboxylic acids is 1. The van der Waals surface area contributed by atoms with Gasteiger partial charge in [0.1, 0.15) is 18.0 Å². The van der Waals surface area contributed by atoms with Crippen LogP contribution in [-0.2, 0) is 4.79 Å². The highest BCUT2D eigenvalue weighted by Gasteiger charge is 2.06. The second kappa shape index (κ2) is 5.88. The molecule has 2 rings (SSSR count). The highest BCUT2D eigenvalue weighted by atomic mass is 16.5. The molecule has 2 aromatic carbocycles. The Morgan fingerprint density at radius 2 is 1.63 bits per heavy atom. The van der Waals surface area contributed by atoms with Crippen LogP contribution < -0.4 is 15.6 Å². The van der Waals surface area contributed by atoms with Gasteiger partial charge in [-0.2, -0.15) is 0 Å². The Morgan fingerprint density at radius 1 is 1.05 bits per heavy atom. The van der Waals surface area contributed by atoms with Gasteiger partial charge < -0.3 is 9.84 Å². The number of anilines is 1. The number of hydrogen-bond donors (Lipinski definition) is 2. The van der Waals surface area contributed by atoms with Crippen LogP contribution in [0.15, 0.2) is 54.6 Å². The molecule has 5 nitrogen and oxygen atoms in total. The molecule has 0 aromatic heterocycles. The number of carbonyl (C=O) groups is 1. The van der Waals surface area contributed by atoms with Crippen molar-refractivity contribution >= 4 is 11.7 Å². The molecule has 0 fully saturated rings. The van der Waals surface area contributed by atoms with Crippen LogP contribution in [-0.4, -0.2) is 17.6 Å². The van der Waals surface area contributed by atoms with Crippen molar-refractivity contribution in [1.29, 1.82) is 0 Å². The molecule has 0 unspecified atom stereocenters. The molecule has 0 aliphatic rings. The van der Waals surface area contributed by atoms with Gasteiger partial charge >= 0.3 is 5.97 Å². The predicted octanol–water partition coefficient (Wildman–Crippen LogP) is 2.24. The predicted molar refractivity (Wildman–Crippen MR) is 72.1 cm³/mol. The third-order valence-corrected chi connectivity index (χ3v) is 2.45. The summed E-state index contributed by atoms with van der Waals surface area (Å²) in [7, 11) is 0. The topological polar surface area (TPSA) is 75.8 Å². The molecule has 0 saturated carbocycles. The van der Waals surface area contributed by atoms with Crippen LogP contribution in [0.5, 0.6) is 11.5 Å². The molecule has 0 radical (unpaired) electrons. The van der Waals surface area contributed by atoms with Gasteiger partial charge in [-0.1, -0.05) is 18.2 Å². The van der Waals surface area contributed by atoms with Crippen molar-refractivity contribution in [3.8, 4) is 11.5 Å². The second-order valence-electron chi connectivity index (χ2n) is 3.93. The SMILES string of the molecule is NN(CC(=O)O)c1ccc(Oc2ccccc2)cc1. The number of para-hydroxylation sites is 1. The largest absolute Gasteiger partial charge is 0.480 e. The first kappa shape index (κ1) is 12.9. The summed E-state index contributed by atoms with van der Waals surface area (Å²) in [6.45, 7) is -0.251. The molecule has 0 aliphatic heterocycles. The van der Waals surface area contributed by atoms with Crippen molar-refractivity contribution in [3.63, 3.8) is 0 Å². The fraction of sp³-hybridized carbons (Fsp3) is 0.0714. The van der Waals surface area contributed by atoms with Crippen LogP contribution in [0.3, 0.4) is 0 Å². The van der Waals surface area contributed by atoms with Crippen LogP contribution in [0, 0.1) is 0 Å². The standard InChI is InChI=1S/C14H14N2O3/c15-16(10-14(17)18)11-6-8-13(9-7-11)19-12-4-2-1-3-5-12/h1-9H,10,15H2,(H,17,18). The number of hydrogen-bond acceptors (Lipinski definition) is 4. The van der Waals surface area contributed by atoms with Gasteiger partial charge in [0, 0.05) is 0 Å². The molecule has 2 aromatic rings. The van der Waals surface area contributed by atoms with Gasteiger partial charge in [0.2, 0.25) is 0 Å². The lowest BCUT2D eigenvalue weighted by Gasteiger charge is -2.16. The smallest absolute Gasteiger partial charge is 0.324 e. The molecule has 0 saturated heterocycles. The van der Waals surface area contributed by atoms with Crippen LogP contribution in [0.25, 0.3) is 0 Å². The minimum Gasteiger partial charge on any atom is -0.480 e. The number of carboxylic acids is 1. The van der Waals surface area contributed by atoms with Crippen molar-refractivity contribution in [2.45, 2.75) is 0 Å². The Morgan fingerprint density at radius 3 is 2.21 bits per heavy atom. The Balaban J connectivity index is 2.04. The van der Waals surface area contributed by atoms with Gasteiger partial charge in [-0.3, -0.25) is 9.80 Å². The van der Waals surface area contributed by atoms with E-state index in [4.69, 9.17) is 15.7 Å². The lowest BCUT2D eigenvalue weighted by atomic mass is 10.3. The van der Waals surface area contributed by atoms with Crippen molar-refractivity contribution in [2.75, 3.05) is 11.6 Å². The van der Waals surface area contributed by atoms with Gasteiger partial charge in [-0.15, -0.1) is 0 Å². The second-order valence-corrected chi connectivity index (χ2v) is 3.93. The molecule has 0 spiro atoms. The number of carboxylic acid groups (broad SMARTS) is 1. The lowest BCUT2D eigenvalue weighted by Crippen LogP contribution is -2.35. The van der Waals surface area contributed by atoms with Gasteiger partial charge in [-0.25, -0.2) is 5.84 Å². The molecule has 19 heavy (non-hydrogen) atoms. The number of ether oxygens (including phenoxy) is 1. The van der Waals surface area contributed by atoms with Crippen molar-refractivity contribution < 1.29 is 14.6 Å². The van der Waals surface area contributed by atoms with E-state index in [-0.39, 0.29) is 6.54 Å². The molecule has 0 aliphatic carbocycles. The number of nitrogens with two attached hydrogens (primary N) is 1. The van der Waals surface area contributed by atoms with Gasteiger partial charge in [-0.05, 0) is 36.4 Å². The third kappa shape index (κ3) is 3.72. The molecule has 3 N–H and O–H groups in total. The van der Waals surface area contributed by atoms with E-state index in [9.17, 15) is 4.79 Å². The maximum atomic E-state index is 10.5. The molecular weight excluding hydrogens is 244 g/mol. The molecule has 98 valence electrons. The molecule has 0 heterocycles. The van der Waals surface area contributed by atoms with E-state index in [1.54, 1.807) is 24.3 Å². The third-order valence-electron chi connectivity index (χ3n) is 2.45. The van der Waals surface area contributed by atoms with E-state index in [2.05, 4.69) is 0 Å². The van der Waals surface area contributed by atoms with Crippen LogP contribution in [0.2, 0.25) is 0 Å². The normalized spacial score (nSPS) is 9.95. The first-order valence-electron chi connectivity index (χ1n) is 5.72. The minimum atomic E-state index is -0.980. The summed E-state index contributed by atoms with van der Waals surface area (Å²) in [5.74, 6) is 6.04. The Hall–Kier alpha value is -2.53. The summed E-state index contributed by atoms with van der Waals surface area (Å²) in [6.07, 6.45) is 0. The number of rotatable bonds is 5. The molecule has 0 bridgehead atoms. The van der Waals surface area contributed by atoms with Crippen molar-refractivity contribution in [2.24, 2.45) is 5.84 Å². The fourth-order valence-electron chi connectivity index (χ4n) is 1.57. The average Bonchev–Trinajstić information content (AvgIpc) is 2.40. The van der Waals surface area contributed by atoms with Crippen molar-refractivity contribution in [3.05, 3.63) is 54.6 Å². The van der Waals surface area contributed by atoms with Gasteiger partial charge in [0.05, 0.1) is 5.69 Å². The first-order chi connectivity index (χ1) is 9.15. The summed E-state index contributed by atoms with van der Waals surface area (Å²) in [5.41, 5.74) is 0.614. The van der Waals surface area contributed by atoms with Gasteiger partial charge in [0.15, 0.2) is 0 Å². The van der Waals surface area contributed by atoms with E-state index < -0.39 is 5.97 Å². The fourth-order valence-corrected chi connectivity index (χ4v) is 1.57. The van der Waals surface area contributed by atoms with Crippen LogP contribution in [0.1, 0.15) is 0 Å². The zero-order chi connectivity index (χ0) is 13.7. The minimum absolute atomic E-state index is 0.251. The highest BCUT2D eigenvalue weighted by Crippen LogP contribution is 2.23. The van der Waals surface area contributed by atoms with Crippen LogP contribution in [0.4, 0.5) is 5.69 Å². The van der Waals surface area contributed by atoms with Crippen molar-refractivity contribution in [1.82, 2.24) is 0 Å². The monoisotopic (exact) mass is 258 g/mol. The summed E-state index contributed by atoms with van der Waals surface area (Å²) in [6, 6.07) is 16.3. The zero-order valence-electron chi connectivity index (χ0n) is 10.2. The molecular formula is C14H14N2O3.